The molecule has 0 spiro atoms. The van der Waals surface area contributed by atoms with Gasteiger partial charge in [-0.1, -0.05) is 35.9 Å². The fourth-order valence-corrected chi connectivity index (χ4v) is 1.51. The van der Waals surface area contributed by atoms with Gasteiger partial charge in [-0.15, -0.1) is 6.58 Å². The maximum absolute atomic E-state index is 11.1. The molecular formula is C13H17NO. The molecule has 0 heterocycles. The molecule has 0 saturated carbocycles. The number of nitrogens with one attached hydrogen (secondary N) is 1. The molecule has 15 heavy (non-hydrogen) atoms. The molecule has 1 aromatic carbocycles. The third-order valence-electron chi connectivity index (χ3n) is 2.50. The van der Waals surface area contributed by atoms with Crippen LogP contribution in [-0.2, 0) is 10.3 Å². The van der Waals surface area contributed by atoms with Crippen LogP contribution >= 0.6 is 0 Å². The molecule has 0 aliphatic rings. The lowest BCUT2D eigenvalue weighted by Gasteiger charge is -2.27. The van der Waals surface area contributed by atoms with Gasteiger partial charge in [0.25, 0.3) is 0 Å². The van der Waals surface area contributed by atoms with E-state index in [1.807, 2.05) is 38.1 Å². The summed E-state index contributed by atoms with van der Waals surface area (Å²) in [6, 6.07) is 8.07. The van der Waals surface area contributed by atoms with Crippen molar-refractivity contribution in [2.75, 3.05) is 0 Å². The van der Waals surface area contributed by atoms with E-state index >= 15 is 0 Å². The van der Waals surface area contributed by atoms with Crippen LogP contribution in [0.25, 0.3) is 0 Å². The van der Waals surface area contributed by atoms with Crippen molar-refractivity contribution in [2.45, 2.75) is 26.3 Å². The first kappa shape index (κ1) is 11.5. The second-order valence-electron chi connectivity index (χ2n) is 3.95. The lowest BCUT2D eigenvalue weighted by atomic mass is 9.91. The zero-order chi connectivity index (χ0) is 11.5. The van der Waals surface area contributed by atoms with Gasteiger partial charge < -0.3 is 5.32 Å². The molecule has 0 radical (unpaired) electrons. The Morgan fingerprint density at radius 2 is 1.93 bits per heavy atom. The second kappa shape index (κ2) is 4.30. The molecule has 0 aliphatic heterocycles. The number of carbonyl (C=O) groups is 1. The number of amides is 1. The van der Waals surface area contributed by atoms with E-state index in [1.54, 1.807) is 6.08 Å². The monoisotopic (exact) mass is 203 g/mol. The predicted molar refractivity (Wildman–Crippen MR) is 62.5 cm³/mol. The molecule has 1 rings (SSSR count). The van der Waals surface area contributed by atoms with E-state index in [1.165, 1.54) is 12.5 Å². The Labute approximate surface area is 91.0 Å². The van der Waals surface area contributed by atoms with E-state index in [-0.39, 0.29) is 5.91 Å². The smallest absolute Gasteiger partial charge is 0.217 e. The predicted octanol–water partition coefficient (Wildman–Crippen LogP) is 2.53. The molecule has 2 nitrogen and oxygen atoms in total. The largest absolute Gasteiger partial charge is 0.344 e. The molecule has 0 aromatic heterocycles. The lowest BCUT2D eigenvalue weighted by molar-refractivity contribution is -0.120. The SMILES string of the molecule is C=CC(C)(NC(C)=O)c1ccc(C)cc1. The molecule has 1 atom stereocenters. The van der Waals surface area contributed by atoms with Gasteiger partial charge >= 0.3 is 0 Å². The van der Waals surface area contributed by atoms with Gasteiger partial charge in [0.2, 0.25) is 5.91 Å². The average molecular weight is 203 g/mol. The van der Waals surface area contributed by atoms with Crippen LogP contribution in [0.15, 0.2) is 36.9 Å². The van der Waals surface area contributed by atoms with E-state index in [0.717, 1.165) is 5.56 Å². The highest BCUT2D eigenvalue weighted by molar-refractivity contribution is 5.74. The molecular weight excluding hydrogens is 186 g/mol. The fraction of sp³-hybridized carbons (Fsp3) is 0.308. The Bertz CT molecular complexity index is 367. The minimum absolute atomic E-state index is 0.0574. The summed E-state index contributed by atoms with van der Waals surface area (Å²) in [5.41, 5.74) is 1.76. The van der Waals surface area contributed by atoms with Crippen LogP contribution in [0.4, 0.5) is 0 Å². The van der Waals surface area contributed by atoms with Crippen molar-refractivity contribution in [2.24, 2.45) is 0 Å². The van der Waals surface area contributed by atoms with Gasteiger partial charge in [-0.2, -0.15) is 0 Å². The van der Waals surface area contributed by atoms with Crippen LogP contribution in [0.2, 0.25) is 0 Å². The zero-order valence-electron chi connectivity index (χ0n) is 9.50. The molecule has 1 N–H and O–H groups in total. The first-order valence-electron chi connectivity index (χ1n) is 4.97. The van der Waals surface area contributed by atoms with Crippen molar-refractivity contribution in [1.82, 2.24) is 5.32 Å². The Kier molecular flexibility index (Phi) is 3.30. The highest BCUT2D eigenvalue weighted by Crippen LogP contribution is 2.22. The van der Waals surface area contributed by atoms with Gasteiger partial charge in [-0.05, 0) is 19.4 Å². The number of carbonyl (C=O) groups excluding carboxylic acids is 1. The van der Waals surface area contributed by atoms with Crippen molar-refractivity contribution in [1.29, 1.82) is 0 Å². The minimum atomic E-state index is -0.487. The lowest BCUT2D eigenvalue weighted by Crippen LogP contribution is -2.40. The van der Waals surface area contributed by atoms with Crippen LogP contribution < -0.4 is 5.32 Å². The summed E-state index contributed by atoms with van der Waals surface area (Å²) in [6.45, 7) is 9.25. The molecule has 80 valence electrons. The van der Waals surface area contributed by atoms with Crippen LogP contribution in [0, 0.1) is 6.92 Å². The summed E-state index contributed by atoms with van der Waals surface area (Å²) in [5, 5.41) is 2.88. The van der Waals surface area contributed by atoms with E-state index in [0.29, 0.717) is 0 Å². The maximum Gasteiger partial charge on any atom is 0.217 e. The third-order valence-corrected chi connectivity index (χ3v) is 2.50. The Hall–Kier alpha value is -1.57. The Morgan fingerprint density at radius 3 is 2.33 bits per heavy atom. The number of aryl methyl sites for hydroxylation is 1. The molecule has 0 bridgehead atoms. The highest BCUT2D eigenvalue weighted by atomic mass is 16.1. The molecule has 0 aliphatic carbocycles. The van der Waals surface area contributed by atoms with Gasteiger partial charge in [-0.25, -0.2) is 0 Å². The second-order valence-corrected chi connectivity index (χ2v) is 3.95. The number of benzene rings is 1. The molecule has 1 unspecified atom stereocenters. The molecule has 1 amide bonds. The summed E-state index contributed by atoms with van der Waals surface area (Å²) in [6.07, 6.45) is 1.75. The minimum Gasteiger partial charge on any atom is -0.344 e. The van der Waals surface area contributed by atoms with Gasteiger partial charge in [0.1, 0.15) is 0 Å². The highest BCUT2D eigenvalue weighted by Gasteiger charge is 2.23. The van der Waals surface area contributed by atoms with Gasteiger partial charge in [0.05, 0.1) is 5.54 Å². The Morgan fingerprint density at radius 1 is 1.40 bits per heavy atom. The van der Waals surface area contributed by atoms with E-state index in [9.17, 15) is 4.79 Å². The molecule has 0 fully saturated rings. The zero-order valence-corrected chi connectivity index (χ0v) is 9.50. The third kappa shape index (κ3) is 2.69. The van der Waals surface area contributed by atoms with E-state index < -0.39 is 5.54 Å². The summed E-state index contributed by atoms with van der Waals surface area (Å²) in [4.78, 5) is 11.1. The van der Waals surface area contributed by atoms with Gasteiger partial charge in [0.15, 0.2) is 0 Å². The summed E-state index contributed by atoms with van der Waals surface area (Å²) in [5.74, 6) is -0.0574. The van der Waals surface area contributed by atoms with Gasteiger partial charge in [0, 0.05) is 6.92 Å². The van der Waals surface area contributed by atoms with Crippen molar-refractivity contribution in [3.63, 3.8) is 0 Å². The quantitative estimate of drug-likeness (QED) is 0.751. The summed E-state index contributed by atoms with van der Waals surface area (Å²) >= 11 is 0. The summed E-state index contributed by atoms with van der Waals surface area (Å²) in [7, 11) is 0. The molecule has 2 heteroatoms. The average Bonchev–Trinajstić information content (AvgIpc) is 2.17. The number of hydrogen-bond donors (Lipinski definition) is 1. The number of hydrogen-bond acceptors (Lipinski definition) is 1. The van der Waals surface area contributed by atoms with Crippen molar-refractivity contribution in [3.8, 4) is 0 Å². The Balaban J connectivity index is 3.05. The normalized spacial score (nSPS) is 14.1. The van der Waals surface area contributed by atoms with Gasteiger partial charge in [-0.3, -0.25) is 4.79 Å². The first-order chi connectivity index (χ1) is 6.98. The number of rotatable bonds is 3. The van der Waals surface area contributed by atoms with Crippen LogP contribution in [0.1, 0.15) is 25.0 Å². The van der Waals surface area contributed by atoms with E-state index in [2.05, 4.69) is 11.9 Å². The van der Waals surface area contributed by atoms with Crippen molar-refractivity contribution < 1.29 is 4.79 Å². The van der Waals surface area contributed by atoms with Crippen molar-refractivity contribution >= 4 is 5.91 Å². The maximum atomic E-state index is 11.1. The first-order valence-corrected chi connectivity index (χ1v) is 4.97. The van der Waals surface area contributed by atoms with Crippen LogP contribution in [-0.4, -0.2) is 5.91 Å². The topological polar surface area (TPSA) is 29.1 Å². The van der Waals surface area contributed by atoms with Crippen LogP contribution in [0.3, 0.4) is 0 Å². The van der Waals surface area contributed by atoms with E-state index in [4.69, 9.17) is 0 Å². The van der Waals surface area contributed by atoms with Crippen LogP contribution in [0.5, 0.6) is 0 Å². The van der Waals surface area contributed by atoms with Crippen molar-refractivity contribution in [3.05, 3.63) is 48.0 Å². The standard InChI is InChI=1S/C13H17NO/c1-5-13(4,14-11(3)15)12-8-6-10(2)7-9-12/h5-9H,1H2,2-4H3,(H,14,15). The summed E-state index contributed by atoms with van der Waals surface area (Å²) < 4.78 is 0. The fourth-order valence-electron chi connectivity index (χ4n) is 1.51. The molecule has 1 aromatic rings. The molecule has 0 saturated heterocycles.